The molecule has 1 nitrogen and oxygen atoms in total. The van der Waals surface area contributed by atoms with E-state index in [0.29, 0.717) is 5.76 Å². The third-order valence-corrected chi connectivity index (χ3v) is 2.01. The lowest BCUT2D eigenvalue weighted by Crippen LogP contribution is -1.78. The molecule has 0 unspecified atom stereocenters. The minimum atomic E-state index is -0.419. The molecule has 1 heterocycles. The standard InChI is InChI=1S/C10H6ClFO/c11-8-6-7(3-4-9(8)12)10-2-1-5-13-10/h1-6H. The van der Waals surface area contributed by atoms with E-state index in [1.165, 1.54) is 12.1 Å². The van der Waals surface area contributed by atoms with Gasteiger partial charge in [-0.3, -0.25) is 0 Å². The fraction of sp³-hybridized carbons (Fsp3) is 0. The van der Waals surface area contributed by atoms with E-state index in [1.807, 2.05) is 0 Å². The maximum atomic E-state index is 12.8. The van der Waals surface area contributed by atoms with Gasteiger partial charge in [0.25, 0.3) is 0 Å². The van der Waals surface area contributed by atoms with Gasteiger partial charge in [-0.25, -0.2) is 4.39 Å². The first kappa shape index (κ1) is 8.32. The molecule has 1 aromatic carbocycles. The molecule has 66 valence electrons. The summed E-state index contributed by atoms with van der Waals surface area (Å²) in [4.78, 5) is 0. The SMILES string of the molecule is Fc1ccc(-c2ccco2)cc1Cl. The molecule has 0 saturated heterocycles. The van der Waals surface area contributed by atoms with Gasteiger partial charge < -0.3 is 4.42 Å². The van der Waals surface area contributed by atoms with Crippen LogP contribution in [-0.2, 0) is 0 Å². The van der Waals surface area contributed by atoms with E-state index in [9.17, 15) is 4.39 Å². The largest absolute Gasteiger partial charge is 0.464 e. The second-order valence-electron chi connectivity index (χ2n) is 2.61. The lowest BCUT2D eigenvalue weighted by Gasteiger charge is -1.97. The van der Waals surface area contributed by atoms with Crippen LogP contribution in [0, 0.1) is 5.82 Å². The minimum absolute atomic E-state index is 0.105. The first-order valence-corrected chi connectivity index (χ1v) is 4.14. The summed E-state index contributed by atoms with van der Waals surface area (Å²) in [6.07, 6.45) is 1.56. The summed E-state index contributed by atoms with van der Waals surface area (Å²) in [5.41, 5.74) is 0.774. The van der Waals surface area contributed by atoms with Gasteiger partial charge in [-0.05, 0) is 30.3 Å². The van der Waals surface area contributed by atoms with E-state index in [1.54, 1.807) is 24.5 Å². The summed E-state index contributed by atoms with van der Waals surface area (Å²) in [5.74, 6) is 0.263. The highest BCUT2D eigenvalue weighted by molar-refractivity contribution is 6.31. The van der Waals surface area contributed by atoms with Crippen LogP contribution < -0.4 is 0 Å². The summed E-state index contributed by atoms with van der Waals surface area (Å²) in [5, 5.41) is 0.105. The Bertz CT molecular complexity index is 409. The molecule has 0 fully saturated rings. The van der Waals surface area contributed by atoms with Gasteiger partial charge in [-0.1, -0.05) is 11.6 Å². The smallest absolute Gasteiger partial charge is 0.141 e. The van der Waals surface area contributed by atoms with Crippen molar-refractivity contribution in [1.29, 1.82) is 0 Å². The predicted octanol–water partition coefficient (Wildman–Crippen LogP) is 3.74. The molecule has 0 aliphatic heterocycles. The van der Waals surface area contributed by atoms with Crippen LogP contribution in [0.5, 0.6) is 0 Å². The molecule has 13 heavy (non-hydrogen) atoms. The molecule has 3 heteroatoms. The second kappa shape index (κ2) is 3.23. The van der Waals surface area contributed by atoms with E-state index < -0.39 is 5.82 Å². The Morgan fingerprint density at radius 3 is 2.69 bits per heavy atom. The Morgan fingerprint density at radius 2 is 2.08 bits per heavy atom. The van der Waals surface area contributed by atoms with Gasteiger partial charge in [0.1, 0.15) is 11.6 Å². The lowest BCUT2D eigenvalue weighted by atomic mass is 10.2. The average molecular weight is 197 g/mol. The number of hydrogen-bond donors (Lipinski definition) is 0. The van der Waals surface area contributed by atoms with Gasteiger partial charge in [0.15, 0.2) is 0 Å². The first-order chi connectivity index (χ1) is 6.27. The highest BCUT2D eigenvalue weighted by atomic mass is 35.5. The summed E-state index contributed by atoms with van der Waals surface area (Å²) >= 11 is 5.61. The Morgan fingerprint density at radius 1 is 1.23 bits per heavy atom. The van der Waals surface area contributed by atoms with Gasteiger partial charge in [0, 0.05) is 5.56 Å². The van der Waals surface area contributed by atoms with Gasteiger partial charge in [0.2, 0.25) is 0 Å². The molecule has 0 amide bonds. The van der Waals surface area contributed by atoms with Crippen molar-refractivity contribution in [3.63, 3.8) is 0 Å². The van der Waals surface area contributed by atoms with E-state index in [2.05, 4.69) is 0 Å². The normalized spacial score (nSPS) is 10.3. The van der Waals surface area contributed by atoms with Crippen LogP contribution in [-0.4, -0.2) is 0 Å². The van der Waals surface area contributed by atoms with Crippen LogP contribution in [0.15, 0.2) is 41.0 Å². The second-order valence-corrected chi connectivity index (χ2v) is 3.01. The van der Waals surface area contributed by atoms with Crippen molar-refractivity contribution in [3.05, 3.63) is 47.4 Å². The minimum Gasteiger partial charge on any atom is -0.464 e. The van der Waals surface area contributed by atoms with Crippen molar-refractivity contribution < 1.29 is 8.81 Å². The maximum absolute atomic E-state index is 12.8. The molecule has 0 radical (unpaired) electrons. The Labute approximate surface area is 79.8 Å². The third kappa shape index (κ3) is 1.58. The summed E-state index contributed by atoms with van der Waals surface area (Å²) in [7, 11) is 0. The average Bonchev–Trinajstić information content (AvgIpc) is 2.62. The molecule has 2 aromatic rings. The summed E-state index contributed by atoms with van der Waals surface area (Å²) in [6, 6.07) is 8.05. The van der Waals surface area contributed by atoms with Crippen molar-refractivity contribution in [3.8, 4) is 11.3 Å². The third-order valence-electron chi connectivity index (χ3n) is 1.73. The Balaban J connectivity index is 2.49. The van der Waals surface area contributed by atoms with Gasteiger partial charge in [-0.2, -0.15) is 0 Å². The maximum Gasteiger partial charge on any atom is 0.141 e. The summed E-state index contributed by atoms with van der Waals surface area (Å²) < 4.78 is 17.9. The Kier molecular flexibility index (Phi) is 2.07. The molecule has 0 atom stereocenters. The number of furan rings is 1. The fourth-order valence-electron chi connectivity index (χ4n) is 1.09. The van der Waals surface area contributed by atoms with Gasteiger partial charge >= 0.3 is 0 Å². The van der Waals surface area contributed by atoms with Crippen molar-refractivity contribution in [2.24, 2.45) is 0 Å². The molecule has 0 N–H and O–H groups in total. The molecule has 0 aliphatic carbocycles. The van der Waals surface area contributed by atoms with Crippen LogP contribution >= 0.6 is 11.6 Å². The first-order valence-electron chi connectivity index (χ1n) is 3.76. The van der Waals surface area contributed by atoms with Crippen molar-refractivity contribution >= 4 is 11.6 Å². The van der Waals surface area contributed by atoms with E-state index in [-0.39, 0.29) is 5.02 Å². The van der Waals surface area contributed by atoms with Crippen LogP contribution in [0.1, 0.15) is 0 Å². The summed E-state index contributed by atoms with van der Waals surface area (Å²) in [6.45, 7) is 0. The van der Waals surface area contributed by atoms with Crippen molar-refractivity contribution in [1.82, 2.24) is 0 Å². The van der Waals surface area contributed by atoms with Crippen molar-refractivity contribution in [2.45, 2.75) is 0 Å². The number of hydrogen-bond acceptors (Lipinski definition) is 1. The fourth-order valence-corrected chi connectivity index (χ4v) is 1.27. The quantitative estimate of drug-likeness (QED) is 0.677. The number of rotatable bonds is 1. The molecular weight excluding hydrogens is 191 g/mol. The molecule has 0 bridgehead atoms. The molecule has 0 spiro atoms. The zero-order valence-electron chi connectivity index (χ0n) is 6.63. The zero-order valence-corrected chi connectivity index (χ0v) is 7.38. The molecule has 0 saturated carbocycles. The van der Waals surface area contributed by atoms with Crippen LogP contribution in [0.2, 0.25) is 5.02 Å². The van der Waals surface area contributed by atoms with E-state index in [0.717, 1.165) is 5.56 Å². The van der Waals surface area contributed by atoms with Gasteiger partial charge in [-0.15, -0.1) is 0 Å². The Hall–Kier alpha value is -1.28. The highest BCUT2D eigenvalue weighted by Crippen LogP contribution is 2.24. The molecular formula is C10H6ClFO. The van der Waals surface area contributed by atoms with Gasteiger partial charge in [0.05, 0.1) is 11.3 Å². The van der Waals surface area contributed by atoms with E-state index in [4.69, 9.17) is 16.0 Å². The van der Waals surface area contributed by atoms with E-state index >= 15 is 0 Å². The van der Waals surface area contributed by atoms with Crippen LogP contribution in [0.4, 0.5) is 4.39 Å². The molecule has 0 aliphatic rings. The number of benzene rings is 1. The van der Waals surface area contributed by atoms with Crippen molar-refractivity contribution in [2.75, 3.05) is 0 Å². The zero-order chi connectivity index (χ0) is 9.26. The highest BCUT2D eigenvalue weighted by Gasteiger charge is 2.04. The molecule has 2 rings (SSSR count). The topological polar surface area (TPSA) is 13.1 Å². The van der Waals surface area contributed by atoms with Crippen LogP contribution in [0.25, 0.3) is 11.3 Å². The number of halogens is 2. The monoisotopic (exact) mass is 196 g/mol. The lowest BCUT2D eigenvalue weighted by molar-refractivity contribution is 0.581. The van der Waals surface area contributed by atoms with Crippen LogP contribution in [0.3, 0.4) is 0 Å². The molecule has 1 aromatic heterocycles. The predicted molar refractivity (Wildman–Crippen MR) is 49.1 cm³/mol.